The van der Waals surface area contributed by atoms with Crippen LogP contribution in [0.5, 0.6) is 11.5 Å². The third-order valence-electron chi connectivity index (χ3n) is 20.3. The fourth-order valence-corrected chi connectivity index (χ4v) is 33.0. The molecular formula is C97H104ClO2Zr2-3. The summed E-state index contributed by atoms with van der Waals surface area (Å²) < 4.78 is 7.61. The van der Waals surface area contributed by atoms with Crippen molar-refractivity contribution in [2.75, 3.05) is 0 Å². The predicted molar refractivity (Wildman–Crippen MR) is 422 cm³/mol. The number of rotatable bonds is 9. The Morgan fingerprint density at radius 2 is 0.618 bits per heavy atom. The standard InChI is InChI=1S/2C14H22O.2C13H9.2C13H10.C9H13.C8H11.ClH.2Zr/c2*1-13(2,3)10-7-8-12(15)11(9-10)14(4,5)6;2*1-3-7-12-10(5-1)9-11-6-2-4-8-13(11)12;2*1-3-7-12(8-4-1)11-13-9-5-2-6-10-13;1-9(2,3)8-6-4-5-7-8;1-7(2)8-5-3-4-6-8;;;/h2*7-9,15H,1-6H3;2*1-9H;2*1-10H;6-7H,4H2,1-3H3;5-7H,3H2,1-2H3;1H;;/p-3. The summed E-state index contributed by atoms with van der Waals surface area (Å²) in [5.41, 5.74) is 25.0. The first-order valence-corrected chi connectivity index (χ1v) is 44.3. The van der Waals surface area contributed by atoms with Gasteiger partial charge in [0.1, 0.15) is 0 Å². The van der Waals surface area contributed by atoms with E-state index in [0.29, 0.717) is 13.2 Å². The van der Waals surface area contributed by atoms with Crippen molar-refractivity contribution in [1.82, 2.24) is 0 Å². The first kappa shape index (κ1) is 77.2. The molecule has 0 radical (unpaired) electrons. The molecular weight excluding hydrogens is 1410 g/mol. The number of allylic oxidation sites excluding steroid dienone is 8. The van der Waals surface area contributed by atoms with Crippen LogP contribution in [0.3, 0.4) is 0 Å². The SMILES string of the molecule is CC(C)(C)C1=CC[C]([Zr](=[C](c2ccccc2)c2ccccc2)[CH]2c3ccccc3-c3ccccc32)=C1.CC(C)(C)c1ccc([O-])c(C(C)(C)C)c1.CC(C)(C)c1ccc([O-])c(C(C)(C)C)c1.CC(C)C1=CC[C]([Zr](=[C](c2ccccc2)c2ccccc2)[CH]2c3ccccc3-c3ccccc32)=C1.[Cl-]. The maximum atomic E-state index is 11.7. The molecule has 0 aliphatic heterocycles. The van der Waals surface area contributed by atoms with Crippen LogP contribution < -0.4 is 22.6 Å². The molecule has 4 aliphatic carbocycles. The average Bonchev–Trinajstić information content (AvgIpc) is 1.32. The number of benzene rings is 10. The topological polar surface area (TPSA) is 46.1 Å². The molecule has 5 heteroatoms. The van der Waals surface area contributed by atoms with Crippen molar-refractivity contribution in [3.8, 4) is 33.8 Å². The molecule has 2 nitrogen and oxygen atoms in total. The Hall–Kier alpha value is -7.44. The van der Waals surface area contributed by atoms with Gasteiger partial charge in [0, 0.05) is 0 Å². The van der Waals surface area contributed by atoms with Gasteiger partial charge in [0.2, 0.25) is 0 Å². The van der Waals surface area contributed by atoms with Gasteiger partial charge < -0.3 is 22.6 Å². The van der Waals surface area contributed by atoms with E-state index in [1.165, 1.54) is 89.0 Å². The van der Waals surface area contributed by atoms with Crippen LogP contribution >= 0.6 is 0 Å². The van der Waals surface area contributed by atoms with Crippen molar-refractivity contribution in [3.63, 3.8) is 0 Å². The van der Waals surface area contributed by atoms with Crippen molar-refractivity contribution < 1.29 is 65.2 Å². The van der Waals surface area contributed by atoms with E-state index in [1.807, 2.05) is 12.1 Å². The molecule has 0 bridgehead atoms. The van der Waals surface area contributed by atoms with E-state index in [1.54, 1.807) is 25.1 Å². The first-order valence-electron chi connectivity index (χ1n) is 36.5. The third-order valence-corrected chi connectivity index (χ3v) is 36.8. The van der Waals surface area contributed by atoms with E-state index in [2.05, 4.69) is 373 Å². The molecule has 0 amide bonds. The largest absolute Gasteiger partial charge is 1.00 e. The van der Waals surface area contributed by atoms with E-state index >= 15 is 0 Å². The number of hydrogen-bond donors (Lipinski definition) is 0. The van der Waals surface area contributed by atoms with Crippen molar-refractivity contribution in [1.29, 1.82) is 0 Å². The Balaban J connectivity index is 0.000000158. The minimum atomic E-state index is -2.60. The quantitative estimate of drug-likeness (QED) is 0.145. The zero-order valence-electron chi connectivity index (χ0n) is 63.4. The van der Waals surface area contributed by atoms with Crippen LogP contribution in [0.15, 0.2) is 297 Å². The van der Waals surface area contributed by atoms with Gasteiger partial charge >= 0.3 is 442 Å². The smallest absolute Gasteiger partial charge is 1.00 e. The van der Waals surface area contributed by atoms with Gasteiger partial charge in [-0.1, -0.05) is 131 Å². The third kappa shape index (κ3) is 17.5. The van der Waals surface area contributed by atoms with Gasteiger partial charge in [-0.05, 0) is 32.8 Å². The molecule has 10 aromatic carbocycles. The molecule has 0 aromatic heterocycles. The molecule has 10 aromatic rings. The molecule has 0 heterocycles. The van der Waals surface area contributed by atoms with E-state index in [0.717, 1.165) is 24.0 Å². The normalized spacial score (nSPS) is 13.9. The summed E-state index contributed by atoms with van der Waals surface area (Å²) in [5.74, 6) is 0.864. The Bertz CT molecular complexity index is 4550. The second-order valence-electron chi connectivity index (χ2n) is 33.2. The molecule has 0 saturated carbocycles. The second kappa shape index (κ2) is 32.3. The van der Waals surface area contributed by atoms with Gasteiger partial charge in [-0.15, -0.1) is 11.5 Å². The van der Waals surface area contributed by atoms with Crippen molar-refractivity contribution in [2.45, 2.75) is 159 Å². The molecule has 0 spiro atoms. The second-order valence-corrected chi connectivity index (χ2v) is 45.7. The predicted octanol–water partition coefficient (Wildman–Crippen LogP) is 21.1. The number of fused-ring (bicyclic) bond motifs is 6. The van der Waals surface area contributed by atoms with Crippen molar-refractivity contribution in [3.05, 3.63) is 364 Å². The fraction of sp³-hybridized carbons (Fsp3) is 0.278. The van der Waals surface area contributed by atoms with Gasteiger partial charge in [-0.3, -0.25) is 0 Å². The maximum Gasteiger partial charge on any atom is -1.00 e. The molecule has 0 saturated heterocycles. The average molecular weight is 1520 g/mol. The molecule has 102 heavy (non-hydrogen) atoms. The van der Waals surface area contributed by atoms with E-state index in [9.17, 15) is 10.2 Å². The van der Waals surface area contributed by atoms with Crippen molar-refractivity contribution >= 4 is 6.41 Å². The molecule has 0 atom stereocenters. The molecule has 0 unspecified atom stereocenters. The summed E-state index contributed by atoms with van der Waals surface area (Å²) >= 11 is -5.16. The van der Waals surface area contributed by atoms with E-state index < -0.39 is 42.5 Å². The monoisotopic (exact) mass is 1520 g/mol. The summed E-state index contributed by atoms with van der Waals surface area (Å²) in [5, 5.41) is 23.5. The molecule has 14 rings (SSSR count). The minimum absolute atomic E-state index is 0. The van der Waals surface area contributed by atoms with Gasteiger partial charge in [-0.2, -0.15) is 0 Å². The maximum absolute atomic E-state index is 11.7. The summed E-state index contributed by atoms with van der Waals surface area (Å²) in [7, 11) is 0. The summed E-state index contributed by atoms with van der Waals surface area (Å²) in [6, 6.07) is 93.0. The first-order chi connectivity index (χ1) is 48.0. The van der Waals surface area contributed by atoms with Gasteiger partial charge in [0.15, 0.2) is 0 Å². The molecule has 522 valence electrons. The van der Waals surface area contributed by atoms with Crippen LogP contribution in [-0.2, 0) is 64.2 Å². The number of hydrogen-bond acceptors (Lipinski definition) is 2. The summed E-state index contributed by atoms with van der Waals surface area (Å²) in [6.45, 7) is 37.2. The Morgan fingerprint density at radius 1 is 0.333 bits per heavy atom. The molecule has 0 fully saturated rings. The van der Waals surface area contributed by atoms with E-state index in [4.69, 9.17) is 0 Å². The summed E-state index contributed by atoms with van der Waals surface area (Å²) in [6.07, 6.45) is 12.4. The van der Waals surface area contributed by atoms with Crippen LogP contribution in [0, 0.1) is 11.3 Å². The Kier molecular flexibility index (Phi) is 24.4. The Morgan fingerprint density at radius 3 is 0.882 bits per heavy atom. The fourth-order valence-electron chi connectivity index (χ4n) is 14.8. The zero-order chi connectivity index (χ0) is 72.2. The zero-order valence-corrected chi connectivity index (χ0v) is 69.1. The van der Waals surface area contributed by atoms with Crippen LogP contribution in [0.1, 0.15) is 205 Å². The number of halogens is 1. The van der Waals surface area contributed by atoms with Gasteiger partial charge in [0.05, 0.1) is 0 Å². The van der Waals surface area contributed by atoms with Crippen LogP contribution in [0.25, 0.3) is 22.3 Å². The molecule has 0 N–H and O–H groups in total. The minimum Gasteiger partial charge on any atom is -1.00 e. The Labute approximate surface area is 633 Å². The van der Waals surface area contributed by atoms with Gasteiger partial charge in [-0.25, -0.2) is 0 Å². The van der Waals surface area contributed by atoms with Crippen LogP contribution in [-0.4, -0.2) is 6.41 Å². The van der Waals surface area contributed by atoms with Crippen LogP contribution in [0.4, 0.5) is 0 Å². The molecule has 4 aliphatic rings. The van der Waals surface area contributed by atoms with Gasteiger partial charge in [0.25, 0.3) is 0 Å². The van der Waals surface area contributed by atoms with Crippen molar-refractivity contribution in [2.24, 2.45) is 11.3 Å². The summed E-state index contributed by atoms with van der Waals surface area (Å²) in [4.78, 5) is 0. The van der Waals surface area contributed by atoms with E-state index in [-0.39, 0.29) is 51.0 Å². The van der Waals surface area contributed by atoms with Crippen LogP contribution in [0.2, 0.25) is 0 Å².